The number of carbonyl (C=O) groups excluding carboxylic acids is 1. The molecule has 0 radical (unpaired) electrons. The molecule has 0 N–H and O–H groups in total. The Morgan fingerprint density at radius 2 is 2.15 bits per heavy atom. The van der Waals surface area contributed by atoms with Crippen molar-refractivity contribution in [2.75, 3.05) is 33.4 Å². The third kappa shape index (κ3) is 3.44. The molecule has 1 saturated heterocycles. The Hall–Kier alpha value is -0.410. The second-order valence-corrected chi connectivity index (χ2v) is 3.77. The van der Waals surface area contributed by atoms with Gasteiger partial charge in [0.05, 0.1) is 0 Å². The maximum atomic E-state index is 10.9. The van der Waals surface area contributed by atoms with Crippen LogP contribution < -0.4 is 0 Å². The Kier molecular flexibility index (Phi) is 4.39. The molecule has 13 heavy (non-hydrogen) atoms. The normalized spacial score (nSPS) is 18.6. The molecule has 1 fully saturated rings. The summed E-state index contributed by atoms with van der Waals surface area (Å²) in [6.45, 7) is 5.61. The van der Waals surface area contributed by atoms with Crippen molar-refractivity contribution in [1.29, 1.82) is 0 Å². The topological polar surface area (TPSA) is 29.5 Å². The first-order valence-corrected chi connectivity index (χ1v) is 4.95. The molecule has 0 aromatic rings. The van der Waals surface area contributed by atoms with Crippen molar-refractivity contribution in [3.63, 3.8) is 0 Å². The summed E-state index contributed by atoms with van der Waals surface area (Å²) in [5, 5.41) is 0. The minimum atomic E-state index is 0.322. The van der Waals surface area contributed by atoms with Crippen molar-refractivity contribution in [3.8, 4) is 0 Å². The SMILES string of the molecule is COCCCCN1CC(C(C)=O)C1. The van der Waals surface area contributed by atoms with Gasteiger partial charge in [-0.3, -0.25) is 4.79 Å². The highest BCUT2D eigenvalue weighted by atomic mass is 16.5. The molecule has 0 unspecified atom stereocenters. The largest absolute Gasteiger partial charge is 0.385 e. The summed E-state index contributed by atoms with van der Waals surface area (Å²) in [7, 11) is 1.73. The van der Waals surface area contributed by atoms with Gasteiger partial charge in [-0.25, -0.2) is 0 Å². The summed E-state index contributed by atoms with van der Waals surface area (Å²) in [4.78, 5) is 13.2. The second kappa shape index (κ2) is 5.35. The first-order valence-electron chi connectivity index (χ1n) is 4.95. The molecule has 0 atom stereocenters. The molecular weight excluding hydrogens is 166 g/mol. The van der Waals surface area contributed by atoms with Gasteiger partial charge >= 0.3 is 0 Å². The van der Waals surface area contributed by atoms with E-state index in [1.807, 2.05) is 0 Å². The second-order valence-electron chi connectivity index (χ2n) is 3.77. The van der Waals surface area contributed by atoms with E-state index in [0.717, 1.165) is 32.7 Å². The summed E-state index contributed by atoms with van der Waals surface area (Å²) in [5.41, 5.74) is 0. The number of nitrogens with zero attached hydrogens (tertiary/aromatic N) is 1. The molecule has 3 heteroatoms. The Morgan fingerprint density at radius 3 is 2.69 bits per heavy atom. The fourth-order valence-electron chi connectivity index (χ4n) is 1.59. The van der Waals surface area contributed by atoms with Crippen molar-refractivity contribution in [2.24, 2.45) is 5.92 Å². The smallest absolute Gasteiger partial charge is 0.135 e. The molecule has 1 aliphatic rings. The number of likely N-dealkylation sites (tertiary alicyclic amines) is 1. The molecule has 1 aliphatic heterocycles. The van der Waals surface area contributed by atoms with Gasteiger partial charge in [0.25, 0.3) is 0 Å². The number of methoxy groups -OCH3 is 1. The van der Waals surface area contributed by atoms with E-state index in [1.165, 1.54) is 6.42 Å². The van der Waals surface area contributed by atoms with E-state index >= 15 is 0 Å². The van der Waals surface area contributed by atoms with Crippen molar-refractivity contribution in [1.82, 2.24) is 4.90 Å². The monoisotopic (exact) mass is 185 g/mol. The van der Waals surface area contributed by atoms with Crippen molar-refractivity contribution in [3.05, 3.63) is 0 Å². The number of hydrogen-bond donors (Lipinski definition) is 0. The Bertz CT molecular complexity index is 164. The van der Waals surface area contributed by atoms with Crippen LogP contribution in [0.5, 0.6) is 0 Å². The van der Waals surface area contributed by atoms with Crippen LogP contribution in [0.2, 0.25) is 0 Å². The lowest BCUT2D eigenvalue weighted by molar-refractivity contribution is -0.125. The van der Waals surface area contributed by atoms with Crippen LogP contribution in [0.4, 0.5) is 0 Å². The average Bonchev–Trinajstić information content (AvgIpc) is 2.00. The van der Waals surface area contributed by atoms with Crippen LogP contribution in [-0.2, 0) is 9.53 Å². The van der Waals surface area contributed by atoms with Gasteiger partial charge in [-0.1, -0.05) is 0 Å². The van der Waals surface area contributed by atoms with Gasteiger partial charge in [-0.05, 0) is 26.3 Å². The maximum Gasteiger partial charge on any atom is 0.135 e. The lowest BCUT2D eigenvalue weighted by Crippen LogP contribution is -2.49. The van der Waals surface area contributed by atoms with E-state index in [0.29, 0.717) is 11.7 Å². The number of rotatable bonds is 6. The average molecular weight is 185 g/mol. The van der Waals surface area contributed by atoms with Crippen LogP contribution in [0.3, 0.4) is 0 Å². The van der Waals surface area contributed by atoms with Crippen LogP contribution in [0.15, 0.2) is 0 Å². The van der Waals surface area contributed by atoms with Gasteiger partial charge in [0.2, 0.25) is 0 Å². The number of carbonyl (C=O) groups is 1. The van der Waals surface area contributed by atoms with E-state index in [-0.39, 0.29) is 0 Å². The highest BCUT2D eigenvalue weighted by Crippen LogP contribution is 2.16. The van der Waals surface area contributed by atoms with Crippen LogP contribution in [0, 0.1) is 5.92 Å². The summed E-state index contributed by atoms with van der Waals surface area (Å²) in [6, 6.07) is 0. The van der Waals surface area contributed by atoms with E-state index in [9.17, 15) is 4.79 Å². The van der Waals surface area contributed by atoms with Crippen molar-refractivity contribution < 1.29 is 9.53 Å². The highest BCUT2D eigenvalue weighted by molar-refractivity contribution is 5.79. The minimum Gasteiger partial charge on any atom is -0.385 e. The Labute approximate surface area is 80.1 Å². The molecular formula is C10H19NO2. The molecule has 1 rings (SSSR count). The first-order chi connectivity index (χ1) is 6.24. The molecule has 0 aromatic carbocycles. The van der Waals surface area contributed by atoms with Gasteiger partial charge < -0.3 is 9.64 Å². The van der Waals surface area contributed by atoms with Crippen LogP contribution in [0.1, 0.15) is 19.8 Å². The number of Topliss-reactive ketones (excluding diaryl/α,β-unsaturated/α-hetero) is 1. The Balaban J connectivity index is 1.93. The van der Waals surface area contributed by atoms with Crippen LogP contribution >= 0.6 is 0 Å². The quantitative estimate of drug-likeness (QED) is 0.577. The van der Waals surface area contributed by atoms with Gasteiger partial charge in [0.1, 0.15) is 5.78 Å². The molecule has 3 nitrogen and oxygen atoms in total. The number of ether oxygens (including phenoxy) is 1. The van der Waals surface area contributed by atoms with Gasteiger partial charge in [0, 0.05) is 32.7 Å². The molecule has 76 valence electrons. The zero-order valence-electron chi connectivity index (χ0n) is 8.58. The van der Waals surface area contributed by atoms with E-state index < -0.39 is 0 Å². The minimum absolute atomic E-state index is 0.322. The molecule has 0 aromatic heterocycles. The number of ketones is 1. The summed E-state index contributed by atoms with van der Waals surface area (Å²) >= 11 is 0. The summed E-state index contributed by atoms with van der Waals surface area (Å²) < 4.78 is 4.96. The van der Waals surface area contributed by atoms with Gasteiger partial charge in [-0.15, -0.1) is 0 Å². The third-order valence-electron chi connectivity index (χ3n) is 2.60. The van der Waals surface area contributed by atoms with Crippen molar-refractivity contribution in [2.45, 2.75) is 19.8 Å². The lowest BCUT2D eigenvalue weighted by atomic mass is 9.96. The van der Waals surface area contributed by atoms with Gasteiger partial charge in [-0.2, -0.15) is 0 Å². The first kappa shape index (κ1) is 10.7. The predicted molar refractivity (Wildman–Crippen MR) is 51.7 cm³/mol. The fourth-order valence-corrected chi connectivity index (χ4v) is 1.59. The molecule has 0 amide bonds. The molecule has 0 spiro atoms. The van der Waals surface area contributed by atoms with Crippen LogP contribution in [0.25, 0.3) is 0 Å². The zero-order valence-corrected chi connectivity index (χ0v) is 8.58. The van der Waals surface area contributed by atoms with E-state index in [4.69, 9.17) is 4.74 Å². The molecule has 0 saturated carbocycles. The molecule has 0 aliphatic carbocycles. The fraction of sp³-hybridized carbons (Fsp3) is 0.900. The standard InChI is InChI=1S/C10H19NO2/c1-9(12)10-7-11(8-10)5-3-4-6-13-2/h10H,3-8H2,1-2H3. The maximum absolute atomic E-state index is 10.9. The summed E-state index contributed by atoms with van der Waals surface area (Å²) in [5.74, 6) is 0.663. The van der Waals surface area contributed by atoms with Crippen LogP contribution in [-0.4, -0.2) is 44.0 Å². The lowest BCUT2D eigenvalue weighted by Gasteiger charge is -2.37. The predicted octanol–water partition coefficient (Wildman–Crippen LogP) is 0.934. The number of unbranched alkanes of at least 4 members (excludes halogenated alkanes) is 1. The zero-order chi connectivity index (χ0) is 9.68. The van der Waals surface area contributed by atoms with E-state index in [1.54, 1.807) is 14.0 Å². The molecule has 1 heterocycles. The number of hydrogen-bond acceptors (Lipinski definition) is 3. The third-order valence-corrected chi connectivity index (χ3v) is 2.60. The Morgan fingerprint density at radius 1 is 1.46 bits per heavy atom. The van der Waals surface area contributed by atoms with Crippen molar-refractivity contribution >= 4 is 5.78 Å². The van der Waals surface area contributed by atoms with E-state index in [2.05, 4.69) is 4.90 Å². The molecule has 0 bridgehead atoms. The summed E-state index contributed by atoms with van der Waals surface area (Å²) in [6.07, 6.45) is 2.30. The van der Waals surface area contributed by atoms with Gasteiger partial charge in [0.15, 0.2) is 0 Å². The highest BCUT2D eigenvalue weighted by Gasteiger charge is 2.28.